The molecule has 0 heterocycles. The summed E-state index contributed by atoms with van der Waals surface area (Å²) in [5, 5.41) is 10.6. The van der Waals surface area contributed by atoms with Crippen LogP contribution in [0.25, 0.3) is 0 Å². The van der Waals surface area contributed by atoms with Gasteiger partial charge in [0.15, 0.2) is 0 Å². The summed E-state index contributed by atoms with van der Waals surface area (Å²) >= 11 is 5.85. The molecule has 0 aliphatic heterocycles. The maximum absolute atomic E-state index is 12.9. The van der Waals surface area contributed by atoms with Crippen molar-refractivity contribution in [2.75, 3.05) is 0 Å². The van der Waals surface area contributed by atoms with E-state index in [2.05, 4.69) is 0 Å². The molecule has 0 aliphatic carbocycles. The van der Waals surface area contributed by atoms with E-state index in [4.69, 9.17) is 11.6 Å². The minimum atomic E-state index is -0.499. The zero-order valence-electron chi connectivity index (χ0n) is 10.7. The van der Waals surface area contributed by atoms with Crippen LogP contribution >= 0.6 is 11.6 Å². The van der Waals surface area contributed by atoms with Crippen LogP contribution in [-0.2, 0) is 6.42 Å². The zero-order valence-corrected chi connectivity index (χ0v) is 11.4. The van der Waals surface area contributed by atoms with Crippen molar-refractivity contribution < 1.29 is 9.50 Å². The summed E-state index contributed by atoms with van der Waals surface area (Å²) in [5.74, 6) is -0.318. The van der Waals surface area contributed by atoms with Crippen LogP contribution in [0.3, 0.4) is 0 Å². The van der Waals surface area contributed by atoms with Gasteiger partial charge in [-0.25, -0.2) is 4.39 Å². The molecule has 0 unspecified atom stereocenters. The Balaban J connectivity index is 2.21. The molecule has 1 N–H and O–H groups in total. The van der Waals surface area contributed by atoms with E-state index in [1.807, 2.05) is 24.3 Å². The van der Waals surface area contributed by atoms with Crippen molar-refractivity contribution >= 4 is 11.6 Å². The van der Waals surface area contributed by atoms with Gasteiger partial charge in [0.05, 0.1) is 6.10 Å². The molecule has 0 saturated heterocycles. The van der Waals surface area contributed by atoms with E-state index < -0.39 is 6.10 Å². The maximum atomic E-state index is 12.9. The van der Waals surface area contributed by atoms with Gasteiger partial charge in [-0.1, -0.05) is 35.9 Å². The molecule has 2 rings (SSSR count). The monoisotopic (exact) mass is 278 g/mol. The number of aliphatic hydroxyl groups excluding tert-OH is 1. The van der Waals surface area contributed by atoms with Gasteiger partial charge in [-0.05, 0) is 48.7 Å². The standard InChI is InChI=1S/C16H16ClFO/c1-11(19)16(13-4-8-15(18)9-5-13)10-12-2-6-14(17)7-3-12/h2-9,11,16,19H,10H2,1H3/t11-,16-/m0/s1. The Hall–Kier alpha value is -1.38. The van der Waals surface area contributed by atoms with E-state index in [1.54, 1.807) is 19.1 Å². The summed E-state index contributed by atoms with van der Waals surface area (Å²) < 4.78 is 12.9. The fourth-order valence-electron chi connectivity index (χ4n) is 2.15. The summed E-state index contributed by atoms with van der Waals surface area (Å²) in [6.45, 7) is 1.75. The Morgan fingerprint density at radius 3 is 2.16 bits per heavy atom. The Kier molecular flexibility index (Phi) is 4.56. The third kappa shape index (κ3) is 3.79. The van der Waals surface area contributed by atoms with Crippen molar-refractivity contribution in [2.45, 2.75) is 25.4 Å². The Labute approximate surface area is 117 Å². The van der Waals surface area contributed by atoms with E-state index in [-0.39, 0.29) is 11.7 Å². The lowest BCUT2D eigenvalue weighted by molar-refractivity contribution is 0.161. The summed E-state index contributed by atoms with van der Waals surface area (Å²) in [7, 11) is 0. The number of rotatable bonds is 4. The van der Waals surface area contributed by atoms with Gasteiger partial charge < -0.3 is 5.11 Å². The highest BCUT2D eigenvalue weighted by Crippen LogP contribution is 2.25. The second kappa shape index (κ2) is 6.18. The molecule has 2 atom stereocenters. The van der Waals surface area contributed by atoms with Crippen molar-refractivity contribution in [1.82, 2.24) is 0 Å². The summed E-state index contributed by atoms with van der Waals surface area (Å²) in [6.07, 6.45) is 0.196. The van der Waals surface area contributed by atoms with Gasteiger partial charge in [0, 0.05) is 10.9 Å². The molecule has 3 heteroatoms. The summed E-state index contributed by atoms with van der Waals surface area (Å²) in [5.41, 5.74) is 2.03. The van der Waals surface area contributed by atoms with Crippen molar-refractivity contribution in [3.05, 3.63) is 70.5 Å². The number of benzene rings is 2. The van der Waals surface area contributed by atoms with Crippen LogP contribution in [0.5, 0.6) is 0 Å². The largest absolute Gasteiger partial charge is 0.393 e. The Bertz CT molecular complexity index is 519. The normalized spacial score (nSPS) is 14.1. The predicted octanol–water partition coefficient (Wildman–Crippen LogP) is 4.19. The van der Waals surface area contributed by atoms with Crippen LogP contribution in [0.2, 0.25) is 5.02 Å². The van der Waals surface area contributed by atoms with Gasteiger partial charge in [0.25, 0.3) is 0 Å². The Morgan fingerprint density at radius 1 is 1.05 bits per heavy atom. The fraction of sp³-hybridized carbons (Fsp3) is 0.250. The SMILES string of the molecule is C[C@H](O)[C@H](Cc1ccc(Cl)cc1)c1ccc(F)cc1. The van der Waals surface area contributed by atoms with Crippen LogP contribution in [0.15, 0.2) is 48.5 Å². The average Bonchev–Trinajstić information content (AvgIpc) is 2.39. The lowest BCUT2D eigenvalue weighted by Crippen LogP contribution is -2.17. The van der Waals surface area contributed by atoms with Crippen LogP contribution in [0.4, 0.5) is 4.39 Å². The van der Waals surface area contributed by atoms with Crippen molar-refractivity contribution in [1.29, 1.82) is 0 Å². The molecule has 100 valence electrons. The lowest BCUT2D eigenvalue weighted by atomic mass is 9.88. The first-order valence-corrected chi connectivity index (χ1v) is 6.62. The van der Waals surface area contributed by atoms with Gasteiger partial charge in [-0.2, -0.15) is 0 Å². The molecule has 0 amide bonds. The van der Waals surface area contributed by atoms with E-state index in [9.17, 15) is 9.50 Å². The minimum Gasteiger partial charge on any atom is -0.393 e. The first kappa shape index (κ1) is 14.0. The van der Waals surface area contributed by atoms with Crippen LogP contribution in [0.1, 0.15) is 24.0 Å². The third-order valence-corrected chi connectivity index (χ3v) is 3.50. The number of hydrogen-bond donors (Lipinski definition) is 1. The molecule has 0 aliphatic rings. The number of halogens is 2. The van der Waals surface area contributed by atoms with E-state index in [1.165, 1.54) is 12.1 Å². The molecule has 0 bridgehead atoms. The van der Waals surface area contributed by atoms with Crippen LogP contribution < -0.4 is 0 Å². The lowest BCUT2D eigenvalue weighted by Gasteiger charge is -2.20. The second-order valence-corrected chi connectivity index (χ2v) is 5.17. The van der Waals surface area contributed by atoms with Crippen LogP contribution in [-0.4, -0.2) is 11.2 Å². The number of hydrogen-bond acceptors (Lipinski definition) is 1. The van der Waals surface area contributed by atoms with Crippen molar-refractivity contribution in [3.8, 4) is 0 Å². The summed E-state index contributed by atoms with van der Waals surface area (Å²) in [4.78, 5) is 0. The molecule has 19 heavy (non-hydrogen) atoms. The first-order valence-electron chi connectivity index (χ1n) is 6.24. The highest BCUT2D eigenvalue weighted by molar-refractivity contribution is 6.30. The molecular weight excluding hydrogens is 263 g/mol. The van der Waals surface area contributed by atoms with E-state index in [0.717, 1.165) is 11.1 Å². The smallest absolute Gasteiger partial charge is 0.123 e. The topological polar surface area (TPSA) is 20.2 Å². The van der Waals surface area contributed by atoms with Crippen LogP contribution in [0, 0.1) is 5.82 Å². The van der Waals surface area contributed by atoms with Crippen molar-refractivity contribution in [2.24, 2.45) is 0 Å². The molecule has 2 aromatic carbocycles. The molecule has 0 saturated carbocycles. The quantitative estimate of drug-likeness (QED) is 0.889. The minimum absolute atomic E-state index is 0.0539. The van der Waals surface area contributed by atoms with Gasteiger partial charge in [-0.3, -0.25) is 0 Å². The average molecular weight is 279 g/mol. The molecule has 0 fully saturated rings. The number of aliphatic hydroxyl groups is 1. The first-order chi connectivity index (χ1) is 9.06. The highest BCUT2D eigenvalue weighted by Gasteiger charge is 2.18. The second-order valence-electron chi connectivity index (χ2n) is 4.73. The molecule has 1 nitrogen and oxygen atoms in total. The van der Waals surface area contributed by atoms with Crippen molar-refractivity contribution in [3.63, 3.8) is 0 Å². The molecule has 0 spiro atoms. The van der Waals surface area contributed by atoms with Gasteiger partial charge >= 0.3 is 0 Å². The predicted molar refractivity (Wildman–Crippen MR) is 76.0 cm³/mol. The van der Waals surface area contributed by atoms with Gasteiger partial charge in [-0.15, -0.1) is 0 Å². The molecule has 0 aromatic heterocycles. The van der Waals surface area contributed by atoms with E-state index >= 15 is 0 Å². The van der Waals surface area contributed by atoms with Gasteiger partial charge in [0.2, 0.25) is 0 Å². The molecule has 0 radical (unpaired) electrons. The van der Waals surface area contributed by atoms with Gasteiger partial charge in [0.1, 0.15) is 5.82 Å². The highest BCUT2D eigenvalue weighted by atomic mass is 35.5. The molecular formula is C16H16ClFO. The fourth-order valence-corrected chi connectivity index (χ4v) is 2.28. The Morgan fingerprint density at radius 2 is 1.63 bits per heavy atom. The van der Waals surface area contributed by atoms with E-state index in [0.29, 0.717) is 11.4 Å². The maximum Gasteiger partial charge on any atom is 0.123 e. The zero-order chi connectivity index (χ0) is 13.8. The molecule has 2 aromatic rings. The third-order valence-electron chi connectivity index (χ3n) is 3.25. The summed E-state index contributed by atoms with van der Waals surface area (Å²) in [6, 6.07) is 13.9.